The first-order valence-corrected chi connectivity index (χ1v) is 10.0. The number of guanidine groups is 1. The molecular formula is C21H34N4O. The summed E-state index contributed by atoms with van der Waals surface area (Å²) in [5.41, 5.74) is 1.44. The summed E-state index contributed by atoms with van der Waals surface area (Å²) < 4.78 is 5.25. The van der Waals surface area contributed by atoms with Gasteiger partial charge in [-0.25, -0.2) is 0 Å². The second-order valence-electron chi connectivity index (χ2n) is 7.52. The fourth-order valence-corrected chi connectivity index (χ4v) is 3.91. The van der Waals surface area contributed by atoms with E-state index in [0.29, 0.717) is 0 Å². The van der Waals surface area contributed by atoms with Crippen molar-refractivity contribution in [2.45, 2.75) is 31.7 Å². The van der Waals surface area contributed by atoms with Crippen LogP contribution >= 0.6 is 0 Å². The Morgan fingerprint density at radius 2 is 2.04 bits per heavy atom. The van der Waals surface area contributed by atoms with E-state index in [4.69, 9.17) is 4.74 Å². The molecule has 0 aromatic heterocycles. The van der Waals surface area contributed by atoms with Gasteiger partial charge in [0.2, 0.25) is 0 Å². The number of aliphatic imine (C=N–C) groups is 1. The maximum absolute atomic E-state index is 5.25. The molecule has 1 aliphatic heterocycles. The van der Waals surface area contributed by atoms with Crippen molar-refractivity contribution in [3.05, 3.63) is 35.9 Å². The van der Waals surface area contributed by atoms with Gasteiger partial charge < -0.3 is 15.0 Å². The van der Waals surface area contributed by atoms with Crippen LogP contribution in [0.4, 0.5) is 0 Å². The summed E-state index contributed by atoms with van der Waals surface area (Å²) in [6, 6.07) is 11.6. The first-order chi connectivity index (χ1) is 12.8. The van der Waals surface area contributed by atoms with Crippen LogP contribution in [0.1, 0.15) is 24.8 Å². The van der Waals surface area contributed by atoms with Crippen molar-refractivity contribution in [1.29, 1.82) is 0 Å². The van der Waals surface area contributed by atoms with Gasteiger partial charge in [0.05, 0.1) is 6.61 Å². The van der Waals surface area contributed by atoms with E-state index in [-0.39, 0.29) is 0 Å². The Morgan fingerprint density at radius 1 is 1.23 bits per heavy atom. The lowest BCUT2D eigenvalue weighted by atomic mass is 9.99. The number of nitrogens with zero attached hydrogens (tertiary/aromatic N) is 3. The molecule has 0 bridgehead atoms. The zero-order valence-corrected chi connectivity index (χ0v) is 16.4. The Hall–Kier alpha value is -1.59. The highest BCUT2D eigenvalue weighted by Gasteiger charge is 2.29. The van der Waals surface area contributed by atoms with Crippen LogP contribution in [-0.4, -0.2) is 75.3 Å². The van der Waals surface area contributed by atoms with Crippen LogP contribution < -0.4 is 5.32 Å². The van der Waals surface area contributed by atoms with Gasteiger partial charge in [-0.05, 0) is 37.2 Å². The number of ether oxygens (including phenoxy) is 1. The molecule has 5 heteroatoms. The fourth-order valence-electron chi connectivity index (χ4n) is 3.91. The van der Waals surface area contributed by atoms with Crippen LogP contribution in [-0.2, 0) is 11.2 Å². The van der Waals surface area contributed by atoms with Crippen molar-refractivity contribution >= 4 is 5.96 Å². The van der Waals surface area contributed by atoms with Gasteiger partial charge in [0, 0.05) is 52.9 Å². The Morgan fingerprint density at radius 3 is 2.73 bits per heavy atom. The quantitative estimate of drug-likeness (QED) is 0.543. The minimum Gasteiger partial charge on any atom is -0.383 e. The average molecular weight is 359 g/mol. The van der Waals surface area contributed by atoms with Gasteiger partial charge in [0.1, 0.15) is 0 Å². The molecule has 1 saturated carbocycles. The van der Waals surface area contributed by atoms with Gasteiger partial charge in [-0.2, -0.15) is 0 Å². The van der Waals surface area contributed by atoms with Gasteiger partial charge in [-0.1, -0.05) is 30.3 Å². The highest BCUT2D eigenvalue weighted by molar-refractivity contribution is 5.80. The van der Waals surface area contributed by atoms with E-state index in [1.54, 1.807) is 7.11 Å². The van der Waals surface area contributed by atoms with Crippen LogP contribution in [0.5, 0.6) is 0 Å². The molecule has 2 fully saturated rings. The highest BCUT2D eigenvalue weighted by atomic mass is 16.5. The lowest BCUT2D eigenvalue weighted by molar-refractivity contribution is 0.144. The summed E-state index contributed by atoms with van der Waals surface area (Å²) in [6.45, 7) is 6.07. The molecule has 0 amide bonds. The highest BCUT2D eigenvalue weighted by Crippen LogP contribution is 2.26. The number of hydrogen-bond acceptors (Lipinski definition) is 3. The van der Waals surface area contributed by atoms with Gasteiger partial charge in [-0.3, -0.25) is 9.89 Å². The lowest BCUT2D eigenvalue weighted by Crippen LogP contribution is -2.44. The predicted octanol–water partition coefficient (Wildman–Crippen LogP) is 2.24. The molecule has 2 aliphatic rings. The maximum Gasteiger partial charge on any atom is 0.193 e. The summed E-state index contributed by atoms with van der Waals surface area (Å²) in [7, 11) is 3.68. The molecule has 1 aromatic carbocycles. The molecule has 1 saturated heterocycles. The largest absolute Gasteiger partial charge is 0.383 e. The van der Waals surface area contributed by atoms with Crippen molar-refractivity contribution in [3.63, 3.8) is 0 Å². The van der Waals surface area contributed by atoms with Crippen LogP contribution in [0.15, 0.2) is 35.3 Å². The van der Waals surface area contributed by atoms with E-state index < -0.39 is 0 Å². The predicted molar refractivity (Wildman–Crippen MR) is 108 cm³/mol. The summed E-state index contributed by atoms with van der Waals surface area (Å²) in [5, 5.41) is 3.58. The number of hydrogen-bond donors (Lipinski definition) is 1. The smallest absolute Gasteiger partial charge is 0.193 e. The standard InChI is InChI=1S/C21H34N4O/c1-22-21(23-11-13-24(14-15-26-2)20-8-9-20)25-12-10-19(17-25)16-18-6-4-3-5-7-18/h3-7,19-20H,8-17H2,1-2H3,(H,22,23). The van der Waals surface area contributed by atoms with Crippen LogP contribution in [0.3, 0.4) is 0 Å². The third kappa shape index (κ3) is 5.71. The Kier molecular flexibility index (Phi) is 7.32. The molecule has 5 nitrogen and oxygen atoms in total. The van der Waals surface area contributed by atoms with Crippen molar-refractivity contribution in [2.75, 3.05) is 53.5 Å². The maximum atomic E-state index is 5.25. The number of rotatable bonds is 9. The molecule has 144 valence electrons. The van der Waals surface area contributed by atoms with E-state index in [9.17, 15) is 0 Å². The number of methoxy groups -OCH3 is 1. The summed E-state index contributed by atoms with van der Waals surface area (Å²) in [5.74, 6) is 1.78. The molecule has 0 radical (unpaired) electrons. The third-order valence-electron chi connectivity index (χ3n) is 5.49. The Bertz CT molecular complexity index is 558. The molecule has 1 aliphatic carbocycles. The zero-order valence-electron chi connectivity index (χ0n) is 16.4. The van der Waals surface area contributed by atoms with E-state index in [1.165, 1.54) is 31.2 Å². The molecule has 1 unspecified atom stereocenters. The molecule has 1 heterocycles. The van der Waals surface area contributed by atoms with E-state index in [2.05, 4.69) is 50.4 Å². The van der Waals surface area contributed by atoms with Crippen LogP contribution in [0.2, 0.25) is 0 Å². The van der Waals surface area contributed by atoms with Crippen LogP contribution in [0, 0.1) is 5.92 Å². The molecule has 0 spiro atoms. The van der Waals surface area contributed by atoms with Crippen molar-refractivity contribution in [3.8, 4) is 0 Å². The first-order valence-electron chi connectivity index (χ1n) is 10.0. The van der Waals surface area contributed by atoms with E-state index in [0.717, 1.165) is 57.2 Å². The fraction of sp³-hybridized carbons (Fsp3) is 0.667. The molecular weight excluding hydrogens is 324 g/mol. The topological polar surface area (TPSA) is 40.1 Å². The Labute approximate surface area is 158 Å². The third-order valence-corrected chi connectivity index (χ3v) is 5.49. The minimum atomic E-state index is 0.723. The summed E-state index contributed by atoms with van der Waals surface area (Å²) in [6.07, 6.45) is 5.09. The molecule has 1 atom stereocenters. The molecule has 1 N–H and O–H groups in total. The summed E-state index contributed by atoms with van der Waals surface area (Å²) in [4.78, 5) is 9.49. The molecule has 26 heavy (non-hydrogen) atoms. The number of nitrogens with one attached hydrogen (secondary N) is 1. The molecule has 1 aromatic rings. The number of benzene rings is 1. The van der Waals surface area contributed by atoms with Gasteiger partial charge in [0.25, 0.3) is 0 Å². The average Bonchev–Trinajstić information content (AvgIpc) is 3.41. The normalized spacial score (nSPS) is 20.8. The van der Waals surface area contributed by atoms with E-state index in [1.807, 2.05) is 7.05 Å². The molecule has 3 rings (SSSR count). The van der Waals surface area contributed by atoms with Gasteiger partial charge >= 0.3 is 0 Å². The monoisotopic (exact) mass is 358 g/mol. The van der Waals surface area contributed by atoms with Gasteiger partial charge in [0.15, 0.2) is 5.96 Å². The van der Waals surface area contributed by atoms with Crippen LogP contribution in [0.25, 0.3) is 0 Å². The van der Waals surface area contributed by atoms with Crippen molar-refractivity contribution in [2.24, 2.45) is 10.9 Å². The lowest BCUT2D eigenvalue weighted by Gasteiger charge is -2.25. The Balaban J connectivity index is 1.41. The zero-order chi connectivity index (χ0) is 18.2. The second-order valence-corrected chi connectivity index (χ2v) is 7.52. The first kappa shape index (κ1) is 19.2. The van der Waals surface area contributed by atoms with Crippen molar-refractivity contribution < 1.29 is 4.74 Å². The van der Waals surface area contributed by atoms with E-state index >= 15 is 0 Å². The van der Waals surface area contributed by atoms with Gasteiger partial charge in [-0.15, -0.1) is 0 Å². The SMILES string of the molecule is CN=C(NCCN(CCOC)C1CC1)N1CCC(Cc2ccccc2)C1. The number of likely N-dealkylation sites (tertiary alicyclic amines) is 1. The minimum absolute atomic E-state index is 0.723. The summed E-state index contributed by atoms with van der Waals surface area (Å²) >= 11 is 0. The second kappa shape index (κ2) is 9.93. The van der Waals surface area contributed by atoms with Crippen molar-refractivity contribution in [1.82, 2.24) is 15.1 Å².